The van der Waals surface area contributed by atoms with Crippen LogP contribution < -0.4 is 0 Å². The average Bonchev–Trinajstić information content (AvgIpc) is 3.10. The highest BCUT2D eigenvalue weighted by Crippen LogP contribution is 2.22. The van der Waals surface area contributed by atoms with Gasteiger partial charge in [0.1, 0.15) is 0 Å². The molecule has 2 aromatic carbocycles. The van der Waals surface area contributed by atoms with E-state index in [0.29, 0.717) is 18.5 Å². The fourth-order valence-electron chi connectivity index (χ4n) is 3.17. The van der Waals surface area contributed by atoms with Gasteiger partial charge in [-0.05, 0) is 24.8 Å². The number of likely N-dealkylation sites (tertiary alicyclic amines) is 1. The normalized spacial score (nSPS) is 17.2. The van der Waals surface area contributed by atoms with E-state index in [1.54, 1.807) is 4.90 Å². The lowest BCUT2D eigenvalue weighted by atomic mass is 10.0. The molecule has 0 aromatic heterocycles. The Hall–Kier alpha value is -2.42. The molecular weight excluding hydrogens is 286 g/mol. The number of amides is 1. The molecule has 0 radical (unpaired) electrons. The summed E-state index contributed by atoms with van der Waals surface area (Å²) in [5.41, 5.74) is 1.85. The molecular formula is C20H21NO2. The van der Waals surface area contributed by atoms with Gasteiger partial charge in [0, 0.05) is 18.5 Å². The molecule has 0 spiro atoms. The highest BCUT2D eigenvalue weighted by atomic mass is 16.2. The van der Waals surface area contributed by atoms with Crippen LogP contribution in [-0.4, -0.2) is 29.2 Å². The molecule has 23 heavy (non-hydrogen) atoms. The Bertz CT molecular complexity index is 667. The molecule has 1 saturated heterocycles. The van der Waals surface area contributed by atoms with Gasteiger partial charge in [-0.1, -0.05) is 60.7 Å². The average molecular weight is 307 g/mol. The number of hydrogen-bond donors (Lipinski definition) is 0. The second kappa shape index (κ2) is 7.23. The number of ketones is 1. The van der Waals surface area contributed by atoms with Crippen LogP contribution in [0.4, 0.5) is 0 Å². The van der Waals surface area contributed by atoms with E-state index in [-0.39, 0.29) is 17.7 Å². The number of carbonyl (C=O) groups is 2. The highest BCUT2D eigenvalue weighted by molar-refractivity contribution is 6.02. The monoisotopic (exact) mass is 307 g/mol. The predicted octanol–water partition coefficient (Wildman–Crippen LogP) is 3.49. The van der Waals surface area contributed by atoms with Gasteiger partial charge in [0.25, 0.3) is 0 Å². The van der Waals surface area contributed by atoms with Crippen molar-refractivity contribution in [1.82, 2.24) is 4.90 Å². The van der Waals surface area contributed by atoms with Crippen molar-refractivity contribution in [2.24, 2.45) is 0 Å². The Morgan fingerprint density at radius 1 is 0.957 bits per heavy atom. The van der Waals surface area contributed by atoms with Crippen molar-refractivity contribution < 1.29 is 9.59 Å². The predicted molar refractivity (Wildman–Crippen MR) is 90.3 cm³/mol. The van der Waals surface area contributed by atoms with E-state index in [4.69, 9.17) is 0 Å². The van der Waals surface area contributed by atoms with E-state index in [1.807, 2.05) is 60.7 Å². The zero-order valence-corrected chi connectivity index (χ0v) is 13.2. The quantitative estimate of drug-likeness (QED) is 0.793. The molecule has 3 heteroatoms. The fourth-order valence-corrected chi connectivity index (χ4v) is 3.17. The molecule has 1 unspecified atom stereocenters. The van der Waals surface area contributed by atoms with Gasteiger partial charge in [-0.25, -0.2) is 0 Å². The number of nitrogens with zero attached hydrogens (tertiary/aromatic N) is 1. The molecule has 1 amide bonds. The van der Waals surface area contributed by atoms with Gasteiger partial charge in [0.15, 0.2) is 5.78 Å². The van der Waals surface area contributed by atoms with Crippen LogP contribution in [0.2, 0.25) is 0 Å². The first kappa shape index (κ1) is 15.5. The molecule has 0 N–H and O–H groups in total. The van der Waals surface area contributed by atoms with Crippen molar-refractivity contribution in [1.29, 1.82) is 0 Å². The Kier molecular flexibility index (Phi) is 4.86. The Balaban J connectivity index is 1.64. The van der Waals surface area contributed by atoms with Crippen molar-refractivity contribution in [3.63, 3.8) is 0 Å². The standard InChI is InChI=1S/C20H21NO2/c22-19(14-13-16-8-3-1-4-9-16)21-15-7-12-18(21)20(23)17-10-5-2-6-11-17/h1-6,8-11,18H,7,12-15H2. The Morgan fingerprint density at radius 2 is 1.61 bits per heavy atom. The molecule has 1 aliphatic heterocycles. The number of hydrogen-bond acceptors (Lipinski definition) is 2. The SMILES string of the molecule is O=C(c1ccccc1)C1CCCN1C(=O)CCc1ccccc1. The minimum absolute atomic E-state index is 0.0659. The van der Waals surface area contributed by atoms with Crippen LogP contribution in [0.1, 0.15) is 35.2 Å². The summed E-state index contributed by atoms with van der Waals surface area (Å²) < 4.78 is 0. The van der Waals surface area contributed by atoms with Crippen LogP contribution in [0.15, 0.2) is 60.7 Å². The topological polar surface area (TPSA) is 37.4 Å². The third kappa shape index (κ3) is 3.67. The lowest BCUT2D eigenvalue weighted by Crippen LogP contribution is -2.40. The van der Waals surface area contributed by atoms with Crippen molar-refractivity contribution in [3.05, 3.63) is 71.8 Å². The van der Waals surface area contributed by atoms with Crippen LogP contribution in [0.3, 0.4) is 0 Å². The lowest BCUT2D eigenvalue weighted by Gasteiger charge is -2.24. The molecule has 3 rings (SSSR count). The Labute approximate surface area is 136 Å². The summed E-state index contributed by atoms with van der Waals surface area (Å²) in [6.07, 6.45) is 2.86. The van der Waals surface area contributed by atoms with Gasteiger partial charge in [0.2, 0.25) is 5.91 Å². The van der Waals surface area contributed by atoms with Gasteiger partial charge in [-0.2, -0.15) is 0 Å². The molecule has 1 aliphatic rings. The van der Waals surface area contributed by atoms with Gasteiger partial charge in [-0.15, -0.1) is 0 Å². The zero-order valence-electron chi connectivity index (χ0n) is 13.2. The van der Waals surface area contributed by atoms with E-state index >= 15 is 0 Å². The lowest BCUT2D eigenvalue weighted by molar-refractivity contribution is -0.131. The number of Topliss-reactive ketones (excluding diaryl/α,β-unsaturated/α-hetero) is 1. The molecule has 3 nitrogen and oxygen atoms in total. The maximum absolute atomic E-state index is 12.6. The van der Waals surface area contributed by atoms with E-state index in [9.17, 15) is 9.59 Å². The summed E-state index contributed by atoms with van der Waals surface area (Å²) in [5.74, 6) is 0.150. The Morgan fingerprint density at radius 3 is 2.30 bits per heavy atom. The molecule has 1 atom stereocenters. The van der Waals surface area contributed by atoms with Crippen LogP contribution in [0.25, 0.3) is 0 Å². The van der Waals surface area contributed by atoms with Gasteiger partial charge in [-0.3, -0.25) is 9.59 Å². The van der Waals surface area contributed by atoms with Crippen LogP contribution in [0.5, 0.6) is 0 Å². The number of aryl methyl sites for hydroxylation is 1. The van der Waals surface area contributed by atoms with Crippen LogP contribution in [-0.2, 0) is 11.2 Å². The van der Waals surface area contributed by atoms with E-state index in [2.05, 4.69) is 0 Å². The van der Waals surface area contributed by atoms with E-state index in [0.717, 1.165) is 24.8 Å². The molecule has 0 saturated carbocycles. The summed E-state index contributed by atoms with van der Waals surface area (Å²) >= 11 is 0. The second-order valence-electron chi connectivity index (χ2n) is 5.96. The smallest absolute Gasteiger partial charge is 0.223 e. The molecule has 2 aromatic rings. The van der Waals surface area contributed by atoms with Crippen LogP contribution in [0, 0.1) is 0 Å². The second-order valence-corrected chi connectivity index (χ2v) is 5.96. The molecule has 0 bridgehead atoms. The van der Waals surface area contributed by atoms with E-state index < -0.39 is 0 Å². The van der Waals surface area contributed by atoms with Crippen molar-refractivity contribution >= 4 is 11.7 Å². The van der Waals surface area contributed by atoms with Gasteiger partial charge < -0.3 is 4.90 Å². The summed E-state index contributed by atoms with van der Waals surface area (Å²) in [7, 11) is 0. The molecule has 1 fully saturated rings. The van der Waals surface area contributed by atoms with Crippen molar-refractivity contribution in [3.8, 4) is 0 Å². The van der Waals surface area contributed by atoms with Gasteiger partial charge >= 0.3 is 0 Å². The molecule has 0 aliphatic carbocycles. The third-order valence-corrected chi connectivity index (χ3v) is 4.40. The molecule has 118 valence electrons. The van der Waals surface area contributed by atoms with Crippen molar-refractivity contribution in [2.45, 2.75) is 31.7 Å². The van der Waals surface area contributed by atoms with Gasteiger partial charge in [0.05, 0.1) is 6.04 Å². The summed E-state index contributed by atoms with van der Waals surface area (Å²) in [6, 6.07) is 19.0. The summed E-state index contributed by atoms with van der Waals surface area (Å²) in [5, 5.41) is 0. The number of benzene rings is 2. The molecule has 1 heterocycles. The third-order valence-electron chi connectivity index (χ3n) is 4.40. The highest BCUT2D eigenvalue weighted by Gasteiger charge is 2.33. The first-order valence-corrected chi connectivity index (χ1v) is 8.18. The summed E-state index contributed by atoms with van der Waals surface area (Å²) in [6.45, 7) is 0.691. The maximum Gasteiger partial charge on any atom is 0.223 e. The van der Waals surface area contributed by atoms with E-state index in [1.165, 1.54) is 0 Å². The van der Waals surface area contributed by atoms with Crippen molar-refractivity contribution in [2.75, 3.05) is 6.54 Å². The summed E-state index contributed by atoms with van der Waals surface area (Å²) in [4.78, 5) is 27.0. The first-order valence-electron chi connectivity index (χ1n) is 8.18. The first-order chi connectivity index (χ1) is 11.3. The maximum atomic E-state index is 12.6. The largest absolute Gasteiger partial charge is 0.332 e. The zero-order chi connectivity index (χ0) is 16.1. The minimum Gasteiger partial charge on any atom is -0.332 e. The fraction of sp³-hybridized carbons (Fsp3) is 0.300. The number of carbonyl (C=O) groups excluding carboxylic acids is 2. The number of rotatable bonds is 5. The van der Waals surface area contributed by atoms with Crippen LogP contribution >= 0.6 is 0 Å². The minimum atomic E-state index is -0.291.